The summed E-state index contributed by atoms with van der Waals surface area (Å²) in [5.41, 5.74) is -0.974. The highest BCUT2D eigenvalue weighted by Crippen LogP contribution is 2.15. The number of H-pyrrole nitrogens is 1. The molecule has 1 saturated heterocycles. The van der Waals surface area contributed by atoms with Crippen LogP contribution < -0.4 is 16.6 Å². The molecule has 25 heavy (non-hydrogen) atoms. The molecule has 8 nitrogen and oxygen atoms in total. The van der Waals surface area contributed by atoms with Crippen LogP contribution >= 0.6 is 11.6 Å². The second kappa shape index (κ2) is 6.94. The molecule has 0 atom stereocenters. The van der Waals surface area contributed by atoms with Gasteiger partial charge in [-0.1, -0.05) is 29.8 Å². The molecular formula is C16H15ClN4O4. The van der Waals surface area contributed by atoms with E-state index in [2.05, 4.69) is 10.3 Å². The second-order valence-corrected chi connectivity index (χ2v) is 5.97. The van der Waals surface area contributed by atoms with E-state index in [1.807, 2.05) is 0 Å². The van der Waals surface area contributed by atoms with Crippen molar-refractivity contribution in [2.24, 2.45) is 0 Å². The lowest BCUT2D eigenvalue weighted by Gasteiger charge is -2.26. The van der Waals surface area contributed by atoms with Gasteiger partial charge in [-0.15, -0.1) is 0 Å². The van der Waals surface area contributed by atoms with E-state index in [4.69, 9.17) is 11.6 Å². The molecule has 0 unspecified atom stereocenters. The fourth-order valence-corrected chi connectivity index (χ4v) is 2.78. The first-order valence-electron chi connectivity index (χ1n) is 7.59. The molecule has 2 heterocycles. The van der Waals surface area contributed by atoms with Gasteiger partial charge in [0.15, 0.2) is 0 Å². The van der Waals surface area contributed by atoms with Gasteiger partial charge in [-0.3, -0.25) is 19.0 Å². The van der Waals surface area contributed by atoms with Crippen molar-refractivity contribution >= 4 is 23.4 Å². The number of nitrogens with zero attached hydrogens (tertiary/aromatic N) is 2. The van der Waals surface area contributed by atoms with E-state index >= 15 is 0 Å². The zero-order chi connectivity index (χ0) is 18.0. The van der Waals surface area contributed by atoms with E-state index in [1.54, 1.807) is 24.3 Å². The van der Waals surface area contributed by atoms with Crippen LogP contribution in [0, 0.1) is 0 Å². The van der Waals surface area contributed by atoms with Crippen molar-refractivity contribution in [1.82, 2.24) is 19.8 Å². The van der Waals surface area contributed by atoms with Crippen molar-refractivity contribution in [1.29, 1.82) is 0 Å². The largest absolute Gasteiger partial charge is 0.353 e. The lowest BCUT2D eigenvalue weighted by atomic mass is 10.2. The van der Waals surface area contributed by atoms with Crippen molar-refractivity contribution in [3.63, 3.8) is 0 Å². The first-order chi connectivity index (χ1) is 12.0. The third kappa shape index (κ3) is 3.48. The summed E-state index contributed by atoms with van der Waals surface area (Å²) in [6.45, 7) is 0.437. The quantitative estimate of drug-likeness (QED) is 0.789. The number of amides is 2. The molecule has 0 saturated carbocycles. The lowest BCUT2D eigenvalue weighted by Crippen LogP contribution is -2.51. The summed E-state index contributed by atoms with van der Waals surface area (Å²) >= 11 is 6.07. The molecule has 1 fully saturated rings. The number of halogens is 1. The fourth-order valence-electron chi connectivity index (χ4n) is 2.59. The SMILES string of the molecule is O=C1CN(C(=O)c2c[nH]c(=O)n(Cc3ccccc3Cl)c2=O)CCN1. The minimum Gasteiger partial charge on any atom is -0.353 e. The highest BCUT2D eigenvalue weighted by Gasteiger charge is 2.25. The molecule has 1 aliphatic rings. The molecule has 1 aromatic carbocycles. The number of carbonyl (C=O) groups is 2. The number of rotatable bonds is 3. The molecule has 1 aromatic heterocycles. The number of carbonyl (C=O) groups excluding carboxylic acids is 2. The summed E-state index contributed by atoms with van der Waals surface area (Å²) in [4.78, 5) is 52.3. The average Bonchev–Trinajstić information content (AvgIpc) is 2.59. The van der Waals surface area contributed by atoms with Crippen molar-refractivity contribution in [3.8, 4) is 0 Å². The Morgan fingerprint density at radius 1 is 1.20 bits per heavy atom. The highest BCUT2D eigenvalue weighted by atomic mass is 35.5. The Morgan fingerprint density at radius 2 is 1.96 bits per heavy atom. The van der Waals surface area contributed by atoms with Gasteiger partial charge in [0.1, 0.15) is 5.56 Å². The van der Waals surface area contributed by atoms with Gasteiger partial charge in [0.25, 0.3) is 11.5 Å². The summed E-state index contributed by atoms with van der Waals surface area (Å²) in [7, 11) is 0. The van der Waals surface area contributed by atoms with Crippen LogP contribution in [0.5, 0.6) is 0 Å². The van der Waals surface area contributed by atoms with Gasteiger partial charge < -0.3 is 15.2 Å². The Kier molecular flexibility index (Phi) is 4.71. The third-order valence-electron chi connectivity index (χ3n) is 3.90. The first-order valence-corrected chi connectivity index (χ1v) is 7.97. The monoisotopic (exact) mass is 362 g/mol. The minimum atomic E-state index is -0.723. The van der Waals surface area contributed by atoms with E-state index in [-0.39, 0.29) is 24.6 Å². The molecule has 0 bridgehead atoms. The van der Waals surface area contributed by atoms with Crippen molar-refractivity contribution in [3.05, 3.63) is 67.4 Å². The molecule has 130 valence electrons. The predicted octanol–water partition coefficient (Wildman–Crippen LogP) is -0.190. The normalized spacial score (nSPS) is 14.3. The van der Waals surface area contributed by atoms with Gasteiger partial charge >= 0.3 is 5.69 Å². The van der Waals surface area contributed by atoms with Crippen LogP contribution in [0.3, 0.4) is 0 Å². The third-order valence-corrected chi connectivity index (χ3v) is 4.27. The molecule has 0 spiro atoms. The Labute approximate surface area is 147 Å². The number of aromatic nitrogens is 2. The molecule has 2 amide bonds. The van der Waals surface area contributed by atoms with Crippen LogP contribution in [0.1, 0.15) is 15.9 Å². The number of aromatic amines is 1. The van der Waals surface area contributed by atoms with Crippen LogP contribution in [0.2, 0.25) is 5.02 Å². The zero-order valence-electron chi connectivity index (χ0n) is 13.1. The van der Waals surface area contributed by atoms with Gasteiger partial charge in [-0.2, -0.15) is 0 Å². The van der Waals surface area contributed by atoms with E-state index < -0.39 is 17.2 Å². The maximum atomic E-state index is 12.6. The molecule has 2 aromatic rings. The maximum absolute atomic E-state index is 12.6. The Hall–Kier alpha value is -2.87. The second-order valence-electron chi connectivity index (χ2n) is 5.57. The summed E-state index contributed by atoms with van der Waals surface area (Å²) < 4.78 is 0.915. The van der Waals surface area contributed by atoms with Gasteiger partial charge in [-0.05, 0) is 11.6 Å². The summed E-state index contributed by atoms with van der Waals surface area (Å²) in [5.74, 6) is -0.885. The number of piperazine rings is 1. The molecule has 3 rings (SSSR count). The predicted molar refractivity (Wildman–Crippen MR) is 90.8 cm³/mol. The number of nitrogens with one attached hydrogen (secondary N) is 2. The standard InChI is InChI=1S/C16H15ClN4O4/c17-12-4-2-1-3-10(12)8-21-15(24)11(7-19-16(21)25)14(23)20-6-5-18-13(22)9-20/h1-4,7H,5-6,8-9H2,(H,18,22)(H,19,25). The van der Waals surface area contributed by atoms with Crippen molar-refractivity contribution < 1.29 is 9.59 Å². The Balaban J connectivity index is 1.96. The Morgan fingerprint density at radius 3 is 2.68 bits per heavy atom. The Bertz CT molecular complexity index is 950. The highest BCUT2D eigenvalue weighted by molar-refractivity contribution is 6.31. The number of hydrogen-bond donors (Lipinski definition) is 2. The van der Waals surface area contributed by atoms with Crippen LogP contribution in [0.15, 0.2) is 40.1 Å². The minimum absolute atomic E-state index is 0.0601. The van der Waals surface area contributed by atoms with Crippen LogP contribution in [-0.4, -0.2) is 45.9 Å². The van der Waals surface area contributed by atoms with Crippen LogP contribution in [0.25, 0.3) is 0 Å². The smallest absolute Gasteiger partial charge is 0.328 e. The van der Waals surface area contributed by atoms with Gasteiger partial charge in [0, 0.05) is 24.3 Å². The van der Waals surface area contributed by atoms with Gasteiger partial charge in [-0.25, -0.2) is 4.79 Å². The topological polar surface area (TPSA) is 104 Å². The van der Waals surface area contributed by atoms with Crippen LogP contribution in [-0.2, 0) is 11.3 Å². The van der Waals surface area contributed by atoms with E-state index in [9.17, 15) is 19.2 Å². The van der Waals surface area contributed by atoms with E-state index in [0.717, 1.165) is 10.8 Å². The number of benzene rings is 1. The molecule has 1 aliphatic heterocycles. The molecule has 9 heteroatoms. The molecule has 0 aliphatic carbocycles. The van der Waals surface area contributed by atoms with Crippen LogP contribution in [0.4, 0.5) is 0 Å². The van der Waals surface area contributed by atoms with Crippen molar-refractivity contribution in [2.45, 2.75) is 6.54 Å². The van der Waals surface area contributed by atoms with E-state index in [0.29, 0.717) is 23.7 Å². The fraction of sp³-hybridized carbons (Fsp3) is 0.250. The van der Waals surface area contributed by atoms with E-state index in [1.165, 1.54) is 4.90 Å². The summed E-state index contributed by atoms with van der Waals surface area (Å²) in [5, 5.41) is 3.02. The van der Waals surface area contributed by atoms with Crippen molar-refractivity contribution in [2.75, 3.05) is 19.6 Å². The average molecular weight is 363 g/mol. The first kappa shape index (κ1) is 17.0. The molecule has 2 N–H and O–H groups in total. The maximum Gasteiger partial charge on any atom is 0.328 e. The summed E-state index contributed by atoms with van der Waals surface area (Å²) in [6, 6.07) is 6.82. The number of hydrogen-bond acceptors (Lipinski definition) is 4. The zero-order valence-corrected chi connectivity index (χ0v) is 13.9. The molecule has 0 radical (unpaired) electrons. The summed E-state index contributed by atoms with van der Waals surface area (Å²) in [6.07, 6.45) is 1.09. The van der Waals surface area contributed by atoms with Gasteiger partial charge in [0.2, 0.25) is 5.91 Å². The molecular weight excluding hydrogens is 348 g/mol. The van der Waals surface area contributed by atoms with Gasteiger partial charge in [0.05, 0.1) is 13.1 Å². The lowest BCUT2D eigenvalue weighted by molar-refractivity contribution is -0.123.